The number of nitrogens with zero attached hydrogens (tertiary/aromatic N) is 1. The van der Waals surface area contributed by atoms with E-state index in [1.807, 2.05) is 6.07 Å². The molecule has 0 atom stereocenters. The monoisotopic (exact) mass is 268 g/mol. The van der Waals surface area contributed by atoms with E-state index in [1.165, 1.54) is 17.7 Å². The highest BCUT2D eigenvalue weighted by atomic mass is 15.1. The van der Waals surface area contributed by atoms with Crippen LogP contribution in [0.15, 0.2) is 60.7 Å². The maximum atomic E-state index is 3.48. The molecule has 2 aromatic rings. The van der Waals surface area contributed by atoms with Crippen LogP contribution in [-0.4, -0.2) is 24.5 Å². The molecule has 20 heavy (non-hydrogen) atoms. The van der Waals surface area contributed by atoms with Crippen molar-refractivity contribution in [2.45, 2.75) is 19.9 Å². The van der Waals surface area contributed by atoms with E-state index in [4.69, 9.17) is 0 Å². The smallest absolute Gasteiger partial charge is 0.0340 e. The van der Waals surface area contributed by atoms with Crippen molar-refractivity contribution in [3.63, 3.8) is 0 Å². The number of rotatable bonds is 8. The zero-order valence-electron chi connectivity index (χ0n) is 12.3. The minimum absolute atomic E-state index is 0.983. The van der Waals surface area contributed by atoms with E-state index in [-0.39, 0.29) is 0 Å². The Morgan fingerprint density at radius 1 is 0.850 bits per heavy atom. The molecule has 0 spiro atoms. The largest absolute Gasteiger partial charge is 0.384 e. The first-order valence-electron chi connectivity index (χ1n) is 7.43. The van der Waals surface area contributed by atoms with Crippen LogP contribution >= 0.6 is 0 Å². The van der Waals surface area contributed by atoms with Crippen LogP contribution in [0.3, 0.4) is 0 Å². The van der Waals surface area contributed by atoms with Crippen LogP contribution in [0.2, 0.25) is 0 Å². The van der Waals surface area contributed by atoms with Gasteiger partial charge in [0.2, 0.25) is 0 Å². The molecular weight excluding hydrogens is 244 g/mol. The number of benzene rings is 2. The maximum absolute atomic E-state index is 3.48. The van der Waals surface area contributed by atoms with Gasteiger partial charge in [0, 0.05) is 25.3 Å². The predicted molar refractivity (Wildman–Crippen MR) is 86.9 cm³/mol. The quantitative estimate of drug-likeness (QED) is 0.778. The van der Waals surface area contributed by atoms with Gasteiger partial charge in [0.15, 0.2) is 0 Å². The molecule has 0 aromatic heterocycles. The fraction of sp³-hybridized carbons (Fsp3) is 0.333. The normalized spacial score (nSPS) is 10.7. The number of hydrogen-bond donors (Lipinski definition) is 1. The topological polar surface area (TPSA) is 15.3 Å². The summed E-state index contributed by atoms with van der Waals surface area (Å²) in [5.74, 6) is 0. The van der Waals surface area contributed by atoms with E-state index >= 15 is 0 Å². The molecule has 0 unspecified atom stereocenters. The number of para-hydroxylation sites is 1. The third-order valence-corrected chi connectivity index (χ3v) is 3.32. The molecule has 0 heterocycles. The average Bonchev–Trinajstić information content (AvgIpc) is 2.49. The van der Waals surface area contributed by atoms with Gasteiger partial charge in [-0.2, -0.15) is 0 Å². The summed E-state index contributed by atoms with van der Waals surface area (Å²) in [6.45, 7) is 6.47. The van der Waals surface area contributed by atoms with Gasteiger partial charge in [-0.3, -0.25) is 4.90 Å². The van der Waals surface area contributed by atoms with Gasteiger partial charge in [0.25, 0.3) is 0 Å². The van der Waals surface area contributed by atoms with E-state index in [1.54, 1.807) is 0 Å². The molecule has 0 aliphatic rings. The summed E-state index contributed by atoms with van der Waals surface area (Å²) < 4.78 is 0. The Labute approximate surface area is 122 Å². The first-order valence-corrected chi connectivity index (χ1v) is 7.43. The molecule has 2 heteroatoms. The molecule has 1 N–H and O–H groups in total. The van der Waals surface area contributed by atoms with Gasteiger partial charge in [-0.25, -0.2) is 0 Å². The Kier molecular flexibility index (Phi) is 6.12. The van der Waals surface area contributed by atoms with Gasteiger partial charge in [0.1, 0.15) is 0 Å². The summed E-state index contributed by atoms with van der Waals surface area (Å²) in [5.41, 5.74) is 2.59. The molecule has 0 saturated heterocycles. The highest BCUT2D eigenvalue weighted by molar-refractivity contribution is 5.42. The van der Waals surface area contributed by atoms with E-state index in [2.05, 4.69) is 71.7 Å². The molecule has 2 rings (SSSR count). The summed E-state index contributed by atoms with van der Waals surface area (Å²) in [4.78, 5) is 2.51. The molecule has 0 amide bonds. The molecule has 0 aliphatic heterocycles. The fourth-order valence-electron chi connectivity index (χ4n) is 2.34. The second kappa shape index (κ2) is 8.39. The van der Waals surface area contributed by atoms with Crippen molar-refractivity contribution in [1.29, 1.82) is 0 Å². The third-order valence-electron chi connectivity index (χ3n) is 3.32. The first-order chi connectivity index (χ1) is 9.88. The van der Waals surface area contributed by atoms with Gasteiger partial charge >= 0.3 is 0 Å². The van der Waals surface area contributed by atoms with Gasteiger partial charge in [-0.05, 0) is 30.7 Å². The van der Waals surface area contributed by atoms with Gasteiger partial charge in [0.05, 0.1) is 0 Å². The highest BCUT2D eigenvalue weighted by Crippen LogP contribution is 2.07. The SMILES string of the molecule is CCCN(CCNc1ccccc1)Cc1ccccc1. The van der Waals surface area contributed by atoms with Crippen molar-refractivity contribution in [3.8, 4) is 0 Å². The number of hydrogen-bond acceptors (Lipinski definition) is 2. The van der Waals surface area contributed by atoms with Crippen LogP contribution in [0.25, 0.3) is 0 Å². The van der Waals surface area contributed by atoms with Crippen molar-refractivity contribution >= 4 is 5.69 Å². The van der Waals surface area contributed by atoms with Crippen LogP contribution in [0.4, 0.5) is 5.69 Å². The molecule has 0 fully saturated rings. The van der Waals surface area contributed by atoms with Crippen molar-refractivity contribution in [1.82, 2.24) is 4.90 Å². The lowest BCUT2D eigenvalue weighted by molar-refractivity contribution is 0.276. The first kappa shape index (κ1) is 14.6. The average molecular weight is 268 g/mol. The fourth-order valence-corrected chi connectivity index (χ4v) is 2.34. The van der Waals surface area contributed by atoms with E-state index in [9.17, 15) is 0 Å². The van der Waals surface area contributed by atoms with Crippen LogP contribution in [0.1, 0.15) is 18.9 Å². The summed E-state index contributed by atoms with van der Waals surface area (Å²) in [7, 11) is 0. The van der Waals surface area contributed by atoms with Crippen LogP contribution < -0.4 is 5.32 Å². The Morgan fingerprint density at radius 2 is 1.50 bits per heavy atom. The van der Waals surface area contributed by atoms with Crippen molar-refractivity contribution in [2.24, 2.45) is 0 Å². The molecule has 106 valence electrons. The zero-order chi connectivity index (χ0) is 14.0. The predicted octanol–water partition coefficient (Wildman–Crippen LogP) is 4.01. The van der Waals surface area contributed by atoms with Crippen LogP contribution in [0.5, 0.6) is 0 Å². The van der Waals surface area contributed by atoms with E-state index in [0.29, 0.717) is 0 Å². The Balaban J connectivity index is 1.80. The Morgan fingerprint density at radius 3 is 2.15 bits per heavy atom. The Bertz CT molecular complexity index is 467. The summed E-state index contributed by atoms with van der Waals surface area (Å²) in [6.07, 6.45) is 1.19. The second-order valence-corrected chi connectivity index (χ2v) is 5.05. The third kappa shape index (κ3) is 5.06. The summed E-state index contributed by atoms with van der Waals surface area (Å²) in [6, 6.07) is 21.1. The van der Waals surface area contributed by atoms with Gasteiger partial charge in [-0.1, -0.05) is 55.5 Å². The molecule has 0 saturated carbocycles. The molecule has 0 radical (unpaired) electrons. The van der Waals surface area contributed by atoms with E-state index in [0.717, 1.165) is 26.2 Å². The lowest BCUT2D eigenvalue weighted by atomic mass is 10.2. The maximum Gasteiger partial charge on any atom is 0.0340 e. The van der Waals surface area contributed by atoms with Gasteiger partial charge < -0.3 is 5.32 Å². The molecule has 2 aromatic carbocycles. The summed E-state index contributed by atoms with van der Waals surface area (Å²) >= 11 is 0. The zero-order valence-corrected chi connectivity index (χ0v) is 12.3. The van der Waals surface area contributed by atoms with Crippen LogP contribution in [-0.2, 0) is 6.54 Å². The molecule has 0 bridgehead atoms. The lowest BCUT2D eigenvalue weighted by Gasteiger charge is -2.22. The standard InChI is InChI=1S/C18H24N2/c1-2-14-20(16-17-9-5-3-6-10-17)15-13-19-18-11-7-4-8-12-18/h3-12,19H,2,13-16H2,1H3. The minimum atomic E-state index is 0.983. The Hall–Kier alpha value is -1.80. The minimum Gasteiger partial charge on any atom is -0.384 e. The van der Waals surface area contributed by atoms with Gasteiger partial charge in [-0.15, -0.1) is 0 Å². The lowest BCUT2D eigenvalue weighted by Crippen LogP contribution is -2.29. The molecule has 0 aliphatic carbocycles. The van der Waals surface area contributed by atoms with Crippen molar-refractivity contribution in [2.75, 3.05) is 25.0 Å². The van der Waals surface area contributed by atoms with E-state index < -0.39 is 0 Å². The molecule has 2 nitrogen and oxygen atoms in total. The summed E-state index contributed by atoms with van der Waals surface area (Å²) in [5, 5.41) is 3.48. The molecular formula is C18H24N2. The number of anilines is 1. The van der Waals surface area contributed by atoms with Crippen molar-refractivity contribution < 1.29 is 0 Å². The second-order valence-electron chi connectivity index (χ2n) is 5.05. The van der Waals surface area contributed by atoms with Crippen molar-refractivity contribution in [3.05, 3.63) is 66.2 Å². The number of nitrogens with one attached hydrogen (secondary N) is 1. The van der Waals surface area contributed by atoms with Crippen LogP contribution in [0, 0.1) is 0 Å². The highest BCUT2D eigenvalue weighted by Gasteiger charge is 2.04.